The topological polar surface area (TPSA) is 54.8 Å². The second-order valence-corrected chi connectivity index (χ2v) is 8.43. The molecule has 0 saturated carbocycles. The van der Waals surface area contributed by atoms with Crippen LogP contribution in [0.25, 0.3) is 5.69 Å². The summed E-state index contributed by atoms with van der Waals surface area (Å²) in [5.41, 5.74) is 0.373. The van der Waals surface area contributed by atoms with Gasteiger partial charge in [0.25, 0.3) is 5.91 Å². The maximum absolute atomic E-state index is 13.0. The molecular weight excluding hydrogens is 350 g/mol. The average Bonchev–Trinajstić information content (AvgIpc) is 3.31. The molecule has 7 heteroatoms. The lowest BCUT2D eigenvalue weighted by Gasteiger charge is -2.26. The number of rotatable bonds is 3. The summed E-state index contributed by atoms with van der Waals surface area (Å²) in [6.07, 6.45) is 4.30. The highest BCUT2D eigenvalue weighted by Gasteiger charge is 2.34. The van der Waals surface area contributed by atoms with Gasteiger partial charge in [0.1, 0.15) is 10.5 Å². The van der Waals surface area contributed by atoms with Crippen LogP contribution in [0.2, 0.25) is 0 Å². The standard InChI is InChI=1S/C19H25N3O3S/c1-19(2,3)25-18(24)22-11-7-14(13-22)20(4)17(23)16-15(8-12-26-16)21-9-5-6-10-21/h5-6,8-10,12,14H,7,11,13H2,1-4H3/t14-/m1/s1. The van der Waals surface area contributed by atoms with E-state index in [-0.39, 0.29) is 18.0 Å². The maximum atomic E-state index is 13.0. The molecule has 1 atom stereocenters. The SMILES string of the molecule is CN(C(=O)c1sccc1-n1cccc1)[C@@H]1CCN(C(=O)OC(C)(C)C)C1. The lowest BCUT2D eigenvalue weighted by molar-refractivity contribution is 0.0279. The van der Waals surface area contributed by atoms with Crippen molar-refractivity contribution in [3.8, 4) is 5.69 Å². The van der Waals surface area contributed by atoms with Gasteiger partial charge in [-0.05, 0) is 50.8 Å². The molecule has 0 N–H and O–H groups in total. The van der Waals surface area contributed by atoms with Gasteiger partial charge in [-0.15, -0.1) is 11.3 Å². The van der Waals surface area contributed by atoms with Gasteiger partial charge in [0.05, 0.1) is 11.7 Å². The van der Waals surface area contributed by atoms with Crippen LogP contribution in [0.3, 0.4) is 0 Å². The first-order valence-corrected chi connectivity index (χ1v) is 9.60. The maximum Gasteiger partial charge on any atom is 0.410 e. The van der Waals surface area contributed by atoms with Crippen molar-refractivity contribution in [2.24, 2.45) is 0 Å². The first-order valence-electron chi connectivity index (χ1n) is 8.72. The second-order valence-electron chi connectivity index (χ2n) is 7.51. The van der Waals surface area contributed by atoms with Crippen LogP contribution in [0.4, 0.5) is 4.79 Å². The molecule has 0 aliphatic carbocycles. The fraction of sp³-hybridized carbons (Fsp3) is 0.474. The first kappa shape index (κ1) is 18.5. The summed E-state index contributed by atoms with van der Waals surface area (Å²) in [4.78, 5) is 29.4. The van der Waals surface area contributed by atoms with Crippen LogP contribution in [0.1, 0.15) is 36.9 Å². The average molecular weight is 375 g/mol. The minimum atomic E-state index is -0.514. The number of ether oxygens (including phenoxy) is 1. The zero-order valence-corrected chi connectivity index (χ0v) is 16.5. The number of aromatic nitrogens is 1. The molecule has 3 heterocycles. The minimum Gasteiger partial charge on any atom is -0.444 e. The van der Waals surface area contributed by atoms with E-state index in [0.29, 0.717) is 18.0 Å². The van der Waals surface area contributed by atoms with Crippen molar-refractivity contribution in [1.29, 1.82) is 0 Å². The van der Waals surface area contributed by atoms with Crippen LogP contribution < -0.4 is 0 Å². The molecule has 1 saturated heterocycles. The van der Waals surface area contributed by atoms with Gasteiger partial charge >= 0.3 is 6.09 Å². The van der Waals surface area contributed by atoms with Crippen molar-refractivity contribution in [2.45, 2.75) is 38.8 Å². The minimum absolute atomic E-state index is 0.00497. The Morgan fingerprint density at radius 1 is 1.27 bits per heavy atom. The monoisotopic (exact) mass is 375 g/mol. The molecule has 3 rings (SSSR count). The Labute approximate surface area is 158 Å². The van der Waals surface area contributed by atoms with Crippen LogP contribution >= 0.6 is 11.3 Å². The van der Waals surface area contributed by atoms with E-state index in [1.54, 1.807) is 9.80 Å². The molecule has 0 unspecified atom stereocenters. The predicted octanol–water partition coefficient (Wildman–Crippen LogP) is 3.62. The summed E-state index contributed by atoms with van der Waals surface area (Å²) in [5, 5.41) is 1.93. The molecule has 6 nitrogen and oxygen atoms in total. The summed E-state index contributed by atoms with van der Waals surface area (Å²) >= 11 is 1.44. The summed E-state index contributed by atoms with van der Waals surface area (Å²) in [5.74, 6) is -0.0141. The molecule has 0 spiro atoms. The van der Waals surface area contributed by atoms with E-state index >= 15 is 0 Å². The van der Waals surface area contributed by atoms with Crippen molar-refractivity contribution < 1.29 is 14.3 Å². The Kier molecular flexibility index (Phi) is 5.09. The molecular formula is C19H25N3O3S. The molecule has 2 aromatic rings. The van der Waals surface area contributed by atoms with Crippen LogP contribution in [-0.2, 0) is 4.74 Å². The third-order valence-corrected chi connectivity index (χ3v) is 5.30. The third kappa shape index (κ3) is 3.93. The molecule has 1 fully saturated rings. The van der Waals surface area contributed by atoms with E-state index in [1.165, 1.54) is 11.3 Å². The van der Waals surface area contributed by atoms with E-state index in [1.807, 2.05) is 68.4 Å². The van der Waals surface area contributed by atoms with Crippen molar-refractivity contribution in [2.75, 3.05) is 20.1 Å². The van der Waals surface area contributed by atoms with Crippen LogP contribution in [0, 0.1) is 0 Å². The van der Waals surface area contributed by atoms with E-state index in [4.69, 9.17) is 4.74 Å². The molecule has 0 aromatic carbocycles. The number of hydrogen-bond donors (Lipinski definition) is 0. The van der Waals surface area contributed by atoms with E-state index in [2.05, 4.69) is 0 Å². The van der Waals surface area contributed by atoms with Gasteiger partial charge in [-0.1, -0.05) is 0 Å². The van der Waals surface area contributed by atoms with Gasteiger partial charge in [0.15, 0.2) is 0 Å². The number of carbonyl (C=O) groups excluding carboxylic acids is 2. The lowest BCUT2D eigenvalue weighted by atomic mass is 10.2. The number of carbonyl (C=O) groups is 2. The van der Waals surface area contributed by atoms with Crippen molar-refractivity contribution >= 4 is 23.3 Å². The van der Waals surface area contributed by atoms with Crippen molar-refractivity contribution in [3.05, 3.63) is 40.8 Å². The van der Waals surface area contributed by atoms with Gasteiger partial charge < -0.3 is 19.1 Å². The molecule has 2 aromatic heterocycles. The quantitative estimate of drug-likeness (QED) is 0.823. The Morgan fingerprint density at radius 2 is 1.96 bits per heavy atom. The predicted molar refractivity (Wildman–Crippen MR) is 102 cm³/mol. The first-order chi connectivity index (χ1) is 12.3. The molecule has 1 aliphatic rings. The molecule has 0 bridgehead atoms. The Hall–Kier alpha value is -2.28. The van der Waals surface area contributed by atoms with Crippen LogP contribution in [0.15, 0.2) is 36.0 Å². The highest BCUT2D eigenvalue weighted by molar-refractivity contribution is 7.12. The third-order valence-electron chi connectivity index (χ3n) is 4.40. The normalized spacial score (nSPS) is 17.4. The Bertz CT molecular complexity index is 776. The van der Waals surface area contributed by atoms with Gasteiger partial charge in [0.2, 0.25) is 0 Å². The number of likely N-dealkylation sites (N-methyl/N-ethyl adjacent to an activating group) is 1. The zero-order chi connectivity index (χ0) is 18.9. The zero-order valence-electron chi connectivity index (χ0n) is 15.6. The van der Waals surface area contributed by atoms with Gasteiger partial charge in [0, 0.05) is 32.5 Å². The lowest BCUT2D eigenvalue weighted by Crippen LogP contribution is -2.41. The molecule has 1 aliphatic heterocycles. The molecule has 0 radical (unpaired) electrons. The summed E-state index contributed by atoms with van der Waals surface area (Å²) in [7, 11) is 1.81. The molecule has 2 amide bonds. The van der Waals surface area contributed by atoms with Crippen LogP contribution in [-0.4, -0.2) is 58.1 Å². The van der Waals surface area contributed by atoms with Gasteiger partial charge in [-0.2, -0.15) is 0 Å². The summed E-state index contributed by atoms with van der Waals surface area (Å²) < 4.78 is 7.38. The van der Waals surface area contributed by atoms with Gasteiger partial charge in [-0.25, -0.2) is 4.79 Å². The summed E-state index contributed by atoms with van der Waals surface area (Å²) in [6.45, 7) is 6.67. The number of thiophene rings is 1. The highest BCUT2D eigenvalue weighted by Crippen LogP contribution is 2.25. The Morgan fingerprint density at radius 3 is 2.62 bits per heavy atom. The van der Waals surface area contributed by atoms with Gasteiger partial charge in [-0.3, -0.25) is 4.79 Å². The number of nitrogens with zero attached hydrogens (tertiary/aromatic N) is 3. The fourth-order valence-electron chi connectivity index (χ4n) is 3.04. The van der Waals surface area contributed by atoms with E-state index in [9.17, 15) is 9.59 Å². The van der Waals surface area contributed by atoms with Crippen molar-refractivity contribution in [1.82, 2.24) is 14.4 Å². The number of hydrogen-bond acceptors (Lipinski definition) is 4. The number of amides is 2. The second kappa shape index (κ2) is 7.15. The summed E-state index contributed by atoms with van der Waals surface area (Å²) in [6, 6.07) is 5.82. The van der Waals surface area contributed by atoms with E-state index in [0.717, 1.165) is 12.1 Å². The molecule has 26 heavy (non-hydrogen) atoms. The Balaban J connectivity index is 1.67. The largest absolute Gasteiger partial charge is 0.444 e. The smallest absolute Gasteiger partial charge is 0.410 e. The van der Waals surface area contributed by atoms with E-state index < -0.39 is 5.60 Å². The molecule has 140 valence electrons. The number of likely N-dealkylation sites (tertiary alicyclic amines) is 1. The van der Waals surface area contributed by atoms with Crippen molar-refractivity contribution in [3.63, 3.8) is 0 Å². The van der Waals surface area contributed by atoms with Crippen LogP contribution in [0.5, 0.6) is 0 Å². The highest BCUT2D eigenvalue weighted by atomic mass is 32.1. The fourth-order valence-corrected chi connectivity index (χ4v) is 3.91.